The lowest BCUT2D eigenvalue weighted by Crippen LogP contribution is -2.37. The Balaban J connectivity index is 1.07. The number of carbonyl (C=O) groups excluding carboxylic acids is 1. The van der Waals surface area contributed by atoms with Crippen LogP contribution in [-0.2, 0) is 4.79 Å². The molecule has 0 bridgehead atoms. The Morgan fingerprint density at radius 1 is 1.08 bits per heavy atom. The molecule has 1 N–H and O–H groups in total. The molecule has 38 heavy (non-hydrogen) atoms. The van der Waals surface area contributed by atoms with E-state index in [0.717, 1.165) is 37.3 Å². The molecule has 5 rings (SSSR count). The van der Waals surface area contributed by atoms with Gasteiger partial charge in [0.2, 0.25) is 5.91 Å². The van der Waals surface area contributed by atoms with E-state index >= 15 is 0 Å². The Morgan fingerprint density at radius 2 is 1.76 bits per heavy atom. The Hall–Kier alpha value is -2.79. The zero-order chi connectivity index (χ0) is 27.0. The molecule has 12 heteroatoms. The number of nitrogens with zero attached hydrogens (tertiary/aromatic N) is 4. The van der Waals surface area contributed by atoms with Gasteiger partial charge >= 0.3 is 6.18 Å². The molecule has 206 valence electrons. The fourth-order valence-electron chi connectivity index (χ4n) is 6.18. The Labute approximate surface area is 224 Å². The maximum Gasteiger partial charge on any atom is 0.422 e. The number of nitro groups is 1. The summed E-state index contributed by atoms with van der Waals surface area (Å²) in [5.74, 6) is 1.21. The summed E-state index contributed by atoms with van der Waals surface area (Å²) in [4.78, 5) is 29.5. The molecular formula is C26H31ClF3N5O3. The van der Waals surface area contributed by atoms with Crippen LogP contribution in [0, 0.1) is 22.0 Å². The lowest BCUT2D eigenvalue weighted by Gasteiger charge is -2.24. The highest BCUT2D eigenvalue weighted by molar-refractivity contribution is 6.30. The number of hydrogen-bond acceptors (Lipinski definition) is 6. The molecule has 0 aromatic heterocycles. The van der Waals surface area contributed by atoms with Crippen LogP contribution in [0.5, 0.6) is 0 Å². The molecular weight excluding hydrogens is 523 g/mol. The van der Waals surface area contributed by atoms with E-state index in [1.807, 2.05) is 12.1 Å². The number of likely N-dealkylation sites (tertiary alicyclic amines) is 2. The quantitative estimate of drug-likeness (QED) is 0.405. The largest absolute Gasteiger partial charge is 0.422 e. The molecule has 3 aliphatic heterocycles. The molecule has 0 radical (unpaired) electrons. The van der Waals surface area contributed by atoms with Crippen molar-refractivity contribution < 1.29 is 22.9 Å². The van der Waals surface area contributed by atoms with Crippen molar-refractivity contribution in [3.05, 3.63) is 62.4 Å². The first-order chi connectivity index (χ1) is 18.1. The van der Waals surface area contributed by atoms with Gasteiger partial charge in [-0.3, -0.25) is 14.9 Å². The van der Waals surface area contributed by atoms with E-state index in [9.17, 15) is 28.1 Å². The highest BCUT2D eigenvalue weighted by Gasteiger charge is 2.42. The molecule has 3 fully saturated rings. The summed E-state index contributed by atoms with van der Waals surface area (Å²) in [6.07, 6.45) is -3.01. The number of carbonyl (C=O) groups is 1. The van der Waals surface area contributed by atoms with Crippen LogP contribution in [0.25, 0.3) is 0 Å². The first-order valence-corrected chi connectivity index (χ1v) is 13.4. The summed E-state index contributed by atoms with van der Waals surface area (Å²) in [6.45, 7) is 5.62. The second kappa shape index (κ2) is 10.8. The maximum absolute atomic E-state index is 13.3. The van der Waals surface area contributed by atoms with Crippen molar-refractivity contribution in [2.75, 3.05) is 50.7 Å². The van der Waals surface area contributed by atoms with Crippen LogP contribution in [0.4, 0.5) is 18.9 Å². The average molecular weight is 554 g/mol. The van der Waals surface area contributed by atoms with Gasteiger partial charge in [0.25, 0.3) is 5.70 Å². The van der Waals surface area contributed by atoms with Crippen LogP contribution in [0.3, 0.4) is 0 Å². The number of fused-ring (bicyclic) bond motifs is 1. The molecule has 2 unspecified atom stereocenters. The van der Waals surface area contributed by atoms with Gasteiger partial charge in [-0.2, -0.15) is 13.2 Å². The second-order valence-corrected chi connectivity index (χ2v) is 11.1. The van der Waals surface area contributed by atoms with Crippen LogP contribution < -0.4 is 10.2 Å². The summed E-state index contributed by atoms with van der Waals surface area (Å²) in [7, 11) is 0. The van der Waals surface area contributed by atoms with Gasteiger partial charge < -0.3 is 20.0 Å². The average Bonchev–Trinajstić information content (AvgIpc) is 3.58. The lowest BCUT2D eigenvalue weighted by atomic mass is 9.99. The SMILES string of the molecule is O=C(CCN1CC2CN(c3ccc(Cl)cc3)CC2C1)N1CC[C@@H](NC2=CC(C(F)(F)F)=C([N+](=O)[O-])CC2)C1. The van der Waals surface area contributed by atoms with Crippen molar-refractivity contribution in [2.45, 2.75) is 37.9 Å². The van der Waals surface area contributed by atoms with E-state index in [0.29, 0.717) is 50.0 Å². The highest BCUT2D eigenvalue weighted by Crippen LogP contribution is 2.36. The van der Waals surface area contributed by atoms with Gasteiger partial charge in [-0.15, -0.1) is 0 Å². The second-order valence-electron chi connectivity index (χ2n) is 10.7. The van der Waals surface area contributed by atoms with Gasteiger partial charge in [0.1, 0.15) is 5.57 Å². The van der Waals surface area contributed by atoms with Crippen LogP contribution in [0.1, 0.15) is 25.7 Å². The monoisotopic (exact) mass is 553 g/mol. The minimum absolute atomic E-state index is 0.0540. The molecule has 3 saturated heterocycles. The molecule has 1 aliphatic carbocycles. The van der Waals surface area contributed by atoms with Crippen LogP contribution in [0.2, 0.25) is 5.02 Å². The van der Waals surface area contributed by atoms with E-state index < -0.39 is 22.4 Å². The summed E-state index contributed by atoms with van der Waals surface area (Å²) in [5.41, 5.74) is -0.474. The smallest absolute Gasteiger partial charge is 0.384 e. The minimum Gasteiger partial charge on any atom is -0.384 e. The zero-order valence-electron chi connectivity index (χ0n) is 20.9. The number of hydrogen-bond donors (Lipinski definition) is 1. The van der Waals surface area contributed by atoms with Gasteiger partial charge in [-0.1, -0.05) is 11.6 Å². The predicted molar refractivity (Wildman–Crippen MR) is 137 cm³/mol. The number of rotatable bonds is 7. The van der Waals surface area contributed by atoms with Gasteiger partial charge in [-0.05, 0) is 55.0 Å². The molecule has 4 aliphatic rings. The van der Waals surface area contributed by atoms with Crippen molar-refractivity contribution in [2.24, 2.45) is 11.8 Å². The van der Waals surface area contributed by atoms with E-state index in [1.165, 1.54) is 5.69 Å². The molecule has 3 atom stereocenters. The molecule has 0 saturated carbocycles. The normalized spacial score (nSPS) is 26.1. The van der Waals surface area contributed by atoms with Crippen molar-refractivity contribution in [1.82, 2.24) is 15.1 Å². The standard InChI is InChI=1S/C26H31ClF3N5O3/c27-19-1-4-22(5-2-19)34-14-17-12-32(13-18(17)15-34)9-8-25(36)33-10-7-21(16-33)31-20-3-6-24(35(37)38)23(11-20)26(28,29)30/h1-2,4-5,11,17-18,21,31H,3,6-10,12-16H2/t17?,18?,21-/m1/s1. The number of benzene rings is 1. The van der Waals surface area contributed by atoms with E-state index in [-0.39, 0.29) is 24.8 Å². The van der Waals surface area contributed by atoms with Crippen LogP contribution in [0.15, 0.2) is 47.3 Å². The van der Waals surface area contributed by atoms with Gasteiger partial charge in [-0.25, -0.2) is 0 Å². The fraction of sp³-hybridized carbons (Fsp3) is 0.577. The number of alkyl halides is 3. The zero-order valence-corrected chi connectivity index (χ0v) is 21.7. The molecule has 1 amide bonds. The van der Waals surface area contributed by atoms with Crippen molar-refractivity contribution in [3.8, 4) is 0 Å². The third kappa shape index (κ3) is 5.93. The third-order valence-corrected chi connectivity index (χ3v) is 8.36. The molecule has 3 heterocycles. The Bertz CT molecular complexity index is 1130. The first-order valence-electron chi connectivity index (χ1n) is 13.0. The molecule has 1 aromatic carbocycles. The van der Waals surface area contributed by atoms with Crippen molar-refractivity contribution >= 4 is 23.2 Å². The number of allylic oxidation sites excluding steroid dienone is 4. The van der Waals surface area contributed by atoms with Crippen LogP contribution >= 0.6 is 11.6 Å². The lowest BCUT2D eigenvalue weighted by molar-refractivity contribution is -0.430. The summed E-state index contributed by atoms with van der Waals surface area (Å²) >= 11 is 6.01. The Morgan fingerprint density at radius 3 is 2.39 bits per heavy atom. The number of amides is 1. The summed E-state index contributed by atoms with van der Waals surface area (Å²) in [6, 6.07) is 7.77. The predicted octanol–water partition coefficient (Wildman–Crippen LogP) is 4.06. The third-order valence-electron chi connectivity index (χ3n) is 8.11. The number of anilines is 1. The van der Waals surface area contributed by atoms with E-state index in [4.69, 9.17) is 11.6 Å². The van der Waals surface area contributed by atoms with E-state index in [1.54, 1.807) is 4.90 Å². The van der Waals surface area contributed by atoms with Gasteiger partial charge in [0, 0.05) is 81.1 Å². The molecule has 1 aromatic rings. The maximum atomic E-state index is 13.3. The number of nitrogens with one attached hydrogen (secondary N) is 1. The number of halogens is 4. The first kappa shape index (κ1) is 26.8. The van der Waals surface area contributed by atoms with Crippen LogP contribution in [-0.4, -0.2) is 78.7 Å². The fourth-order valence-corrected chi connectivity index (χ4v) is 6.31. The van der Waals surface area contributed by atoms with Gasteiger partial charge in [0.15, 0.2) is 0 Å². The van der Waals surface area contributed by atoms with Crippen molar-refractivity contribution in [1.29, 1.82) is 0 Å². The van der Waals surface area contributed by atoms with Gasteiger partial charge in [0.05, 0.1) is 4.92 Å². The summed E-state index contributed by atoms with van der Waals surface area (Å²) < 4.78 is 39.9. The minimum atomic E-state index is -4.78. The summed E-state index contributed by atoms with van der Waals surface area (Å²) in [5, 5.41) is 14.8. The van der Waals surface area contributed by atoms with Crippen molar-refractivity contribution in [3.63, 3.8) is 0 Å². The Kier molecular flexibility index (Phi) is 7.59. The highest BCUT2D eigenvalue weighted by atomic mass is 35.5. The molecule has 8 nitrogen and oxygen atoms in total. The van der Waals surface area contributed by atoms with E-state index in [2.05, 4.69) is 27.2 Å². The topological polar surface area (TPSA) is 82.0 Å². The molecule has 0 spiro atoms.